The summed E-state index contributed by atoms with van der Waals surface area (Å²) in [5, 5.41) is 0. The van der Waals surface area contributed by atoms with Gasteiger partial charge < -0.3 is 9.47 Å². The van der Waals surface area contributed by atoms with Gasteiger partial charge in [0.25, 0.3) is 15.0 Å². The Bertz CT molecular complexity index is 633. The van der Waals surface area contributed by atoms with Crippen LogP contribution in [0.25, 0.3) is 0 Å². The van der Waals surface area contributed by atoms with Crippen LogP contribution in [0.3, 0.4) is 0 Å². The fraction of sp³-hybridized carbons (Fsp3) is 0.643. The molecule has 1 aromatic heterocycles. The van der Waals surface area contributed by atoms with Crippen molar-refractivity contribution in [1.29, 1.82) is 0 Å². The van der Waals surface area contributed by atoms with E-state index in [1.165, 1.54) is 12.3 Å². The molecule has 2 rings (SSSR count). The van der Waals surface area contributed by atoms with Crippen molar-refractivity contribution in [3.8, 4) is 0 Å². The van der Waals surface area contributed by atoms with E-state index in [2.05, 4.69) is 0 Å². The van der Waals surface area contributed by atoms with Crippen molar-refractivity contribution >= 4 is 25.6 Å². The van der Waals surface area contributed by atoms with Crippen LogP contribution < -0.4 is 0 Å². The Balaban J connectivity index is 2.33. The van der Waals surface area contributed by atoms with Gasteiger partial charge in [0.1, 0.15) is 10.6 Å². The Morgan fingerprint density at radius 2 is 2.10 bits per heavy atom. The molecular formula is C14H21ClN2O3S. The van der Waals surface area contributed by atoms with Crippen molar-refractivity contribution in [3.63, 3.8) is 0 Å². The standard InChI is InChI=1S/C14H21ClN2O3S/c1-4-16-9-12(21(15,19)20)7-13(16)14(18)17(10(2)3)8-11-5-6-11/h7,9-11H,4-6,8H2,1-3H3. The maximum Gasteiger partial charge on any atom is 0.270 e. The van der Waals surface area contributed by atoms with Gasteiger partial charge in [0.05, 0.1) is 0 Å². The summed E-state index contributed by atoms with van der Waals surface area (Å²) in [6.07, 6.45) is 3.74. The second-order valence-electron chi connectivity index (χ2n) is 5.78. The Morgan fingerprint density at radius 3 is 2.52 bits per heavy atom. The maximum absolute atomic E-state index is 12.7. The highest BCUT2D eigenvalue weighted by molar-refractivity contribution is 8.13. The van der Waals surface area contributed by atoms with Gasteiger partial charge in [0.2, 0.25) is 0 Å². The number of hydrogen-bond acceptors (Lipinski definition) is 3. The number of aryl methyl sites for hydroxylation is 1. The number of aromatic nitrogens is 1. The fourth-order valence-corrected chi connectivity index (χ4v) is 3.07. The van der Waals surface area contributed by atoms with Crippen LogP contribution in [0.15, 0.2) is 17.2 Å². The minimum atomic E-state index is -3.82. The Labute approximate surface area is 130 Å². The van der Waals surface area contributed by atoms with Gasteiger partial charge in [0, 0.05) is 36.0 Å². The summed E-state index contributed by atoms with van der Waals surface area (Å²) < 4.78 is 24.6. The maximum atomic E-state index is 12.7. The second-order valence-corrected chi connectivity index (χ2v) is 8.35. The molecule has 0 aliphatic heterocycles. The first kappa shape index (κ1) is 16.4. The summed E-state index contributed by atoms with van der Waals surface area (Å²) in [6.45, 7) is 7.05. The van der Waals surface area contributed by atoms with Crippen molar-refractivity contribution in [2.45, 2.75) is 51.1 Å². The molecule has 21 heavy (non-hydrogen) atoms. The summed E-state index contributed by atoms with van der Waals surface area (Å²) in [5.74, 6) is 0.447. The van der Waals surface area contributed by atoms with Gasteiger partial charge in [-0.2, -0.15) is 0 Å². The third-order valence-electron chi connectivity index (χ3n) is 3.75. The molecule has 1 aromatic rings. The lowest BCUT2D eigenvalue weighted by Gasteiger charge is -2.27. The predicted molar refractivity (Wildman–Crippen MR) is 82.0 cm³/mol. The number of amides is 1. The molecule has 0 saturated heterocycles. The van der Waals surface area contributed by atoms with Gasteiger partial charge in [-0.05, 0) is 45.6 Å². The third-order valence-corrected chi connectivity index (χ3v) is 5.07. The average molecular weight is 333 g/mol. The molecule has 0 aromatic carbocycles. The summed E-state index contributed by atoms with van der Waals surface area (Å²) in [6, 6.07) is 1.45. The molecule has 0 unspecified atom stereocenters. The van der Waals surface area contributed by atoms with Crippen LogP contribution in [0, 0.1) is 5.92 Å². The monoisotopic (exact) mass is 332 g/mol. The molecule has 1 saturated carbocycles. The molecule has 0 bridgehead atoms. The van der Waals surface area contributed by atoms with E-state index in [9.17, 15) is 13.2 Å². The van der Waals surface area contributed by atoms with E-state index in [0.717, 1.165) is 19.4 Å². The summed E-state index contributed by atoms with van der Waals surface area (Å²) >= 11 is 0. The van der Waals surface area contributed by atoms with E-state index in [1.54, 1.807) is 4.57 Å². The van der Waals surface area contributed by atoms with Gasteiger partial charge in [0.15, 0.2) is 0 Å². The van der Waals surface area contributed by atoms with Gasteiger partial charge >= 0.3 is 0 Å². The molecule has 0 atom stereocenters. The van der Waals surface area contributed by atoms with Crippen LogP contribution in [-0.4, -0.2) is 36.4 Å². The summed E-state index contributed by atoms with van der Waals surface area (Å²) in [4.78, 5) is 14.5. The minimum absolute atomic E-state index is 0.0236. The highest BCUT2D eigenvalue weighted by Gasteiger charge is 2.30. The smallest absolute Gasteiger partial charge is 0.270 e. The zero-order chi connectivity index (χ0) is 15.8. The van der Waals surface area contributed by atoms with Gasteiger partial charge in [-0.3, -0.25) is 4.79 Å². The number of halogens is 1. The topological polar surface area (TPSA) is 59.4 Å². The number of carbonyl (C=O) groups is 1. The number of nitrogens with zero attached hydrogens (tertiary/aromatic N) is 2. The molecule has 5 nitrogen and oxygen atoms in total. The van der Waals surface area contributed by atoms with Crippen LogP contribution in [0.2, 0.25) is 0 Å². The van der Waals surface area contributed by atoms with E-state index in [0.29, 0.717) is 18.2 Å². The largest absolute Gasteiger partial charge is 0.342 e. The lowest BCUT2D eigenvalue weighted by atomic mass is 10.2. The van der Waals surface area contributed by atoms with Crippen LogP contribution in [-0.2, 0) is 15.6 Å². The molecule has 118 valence electrons. The van der Waals surface area contributed by atoms with Crippen molar-refractivity contribution in [3.05, 3.63) is 18.0 Å². The number of rotatable bonds is 6. The molecule has 1 aliphatic carbocycles. The number of hydrogen-bond donors (Lipinski definition) is 0. The highest BCUT2D eigenvalue weighted by Crippen LogP contribution is 2.31. The fourth-order valence-electron chi connectivity index (χ4n) is 2.31. The van der Waals surface area contributed by atoms with Crippen molar-refractivity contribution in [2.75, 3.05) is 6.54 Å². The van der Waals surface area contributed by atoms with Crippen LogP contribution in [0.5, 0.6) is 0 Å². The molecule has 0 spiro atoms. The van der Waals surface area contributed by atoms with Crippen molar-refractivity contribution < 1.29 is 13.2 Å². The van der Waals surface area contributed by atoms with Crippen LogP contribution in [0.4, 0.5) is 0 Å². The second kappa shape index (κ2) is 6.01. The molecule has 1 fully saturated rings. The minimum Gasteiger partial charge on any atom is -0.342 e. The molecule has 1 heterocycles. The molecule has 1 aliphatic rings. The zero-order valence-corrected chi connectivity index (χ0v) is 14.1. The Kier molecular flexibility index (Phi) is 4.68. The van der Waals surface area contributed by atoms with Crippen LogP contribution >= 0.6 is 10.7 Å². The zero-order valence-electron chi connectivity index (χ0n) is 12.5. The van der Waals surface area contributed by atoms with E-state index in [4.69, 9.17) is 10.7 Å². The van der Waals surface area contributed by atoms with Crippen molar-refractivity contribution in [1.82, 2.24) is 9.47 Å². The van der Waals surface area contributed by atoms with Crippen molar-refractivity contribution in [2.24, 2.45) is 5.92 Å². The van der Waals surface area contributed by atoms with E-state index >= 15 is 0 Å². The van der Waals surface area contributed by atoms with E-state index in [1.807, 2.05) is 25.7 Å². The van der Waals surface area contributed by atoms with Gasteiger partial charge in [-0.25, -0.2) is 8.42 Å². The number of carbonyl (C=O) groups excluding carboxylic acids is 1. The third kappa shape index (κ3) is 3.80. The first-order valence-electron chi connectivity index (χ1n) is 7.19. The molecule has 1 amide bonds. The molecule has 7 heteroatoms. The van der Waals surface area contributed by atoms with Crippen LogP contribution in [0.1, 0.15) is 44.1 Å². The Hall–Kier alpha value is -1.01. The molecular weight excluding hydrogens is 312 g/mol. The predicted octanol–water partition coefficient (Wildman–Crippen LogP) is 2.70. The van der Waals surface area contributed by atoms with E-state index in [-0.39, 0.29) is 16.8 Å². The first-order valence-corrected chi connectivity index (χ1v) is 9.50. The lowest BCUT2D eigenvalue weighted by molar-refractivity contribution is 0.0685. The van der Waals surface area contributed by atoms with Gasteiger partial charge in [-0.15, -0.1) is 0 Å². The molecule has 0 N–H and O–H groups in total. The van der Waals surface area contributed by atoms with Gasteiger partial charge in [-0.1, -0.05) is 0 Å². The summed E-state index contributed by atoms with van der Waals surface area (Å²) in [5.41, 5.74) is 0.381. The average Bonchev–Trinajstić information content (AvgIpc) is 3.09. The summed E-state index contributed by atoms with van der Waals surface area (Å²) in [7, 11) is 1.55. The highest BCUT2D eigenvalue weighted by atomic mass is 35.7. The SMILES string of the molecule is CCn1cc(S(=O)(=O)Cl)cc1C(=O)N(CC1CC1)C(C)C. The lowest BCUT2D eigenvalue weighted by Crippen LogP contribution is -2.39. The molecule has 0 radical (unpaired) electrons. The first-order chi connectivity index (χ1) is 9.74. The Morgan fingerprint density at radius 1 is 1.48 bits per heavy atom. The normalized spacial score (nSPS) is 15.5. The quantitative estimate of drug-likeness (QED) is 0.752. The van der Waals surface area contributed by atoms with E-state index < -0.39 is 9.05 Å².